The number of nitrogens with one attached hydrogen (secondary N) is 1. The topological polar surface area (TPSA) is 96.0 Å². The maximum Gasteiger partial charge on any atom is 0.416 e. The summed E-state index contributed by atoms with van der Waals surface area (Å²) in [5.74, 6) is -2.64. The third kappa shape index (κ3) is 6.80. The molecular weight excluding hydrogens is 380 g/mol. The molecule has 0 saturated heterocycles. The fourth-order valence-corrected chi connectivity index (χ4v) is 2.20. The van der Waals surface area contributed by atoms with Crippen molar-refractivity contribution < 1.29 is 35.9 Å². The van der Waals surface area contributed by atoms with Crippen molar-refractivity contribution in [1.82, 2.24) is 5.32 Å². The average Bonchev–Trinajstić information content (AvgIpc) is 2.51. The van der Waals surface area contributed by atoms with Crippen molar-refractivity contribution >= 4 is 11.8 Å². The van der Waals surface area contributed by atoms with E-state index in [0.717, 1.165) is 0 Å². The van der Waals surface area contributed by atoms with E-state index in [0.29, 0.717) is 12.1 Å². The van der Waals surface area contributed by atoms with Gasteiger partial charge in [0, 0.05) is 5.92 Å². The molecule has 0 heterocycles. The number of nitrogens with zero attached hydrogens (tertiary/aromatic N) is 1. The van der Waals surface area contributed by atoms with E-state index in [2.05, 4.69) is 5.32 Å². The Balaban J connectivity index is 3.07. The van der Waals surface area contributed by atoms with Crippen molar-refractivity contribution in [1.29, 1.82) is 5.26 Å². The smallest absolute Gasteiger partial charge is 0.368 e. The molecule has 5 nitrogen and oxygen atoms in total. The molecular formula is C16H15F6N3O2. The highest BCUT2D eigenvalue weighted by atomic mass is 19.4. The van der Waals surface area contributed by atoms with E-state index in [1.807, 2.05) is 6.07 Å². The Bertz CT molecular complexity index is 720. The number of carbonyl (C=O) groups excluding carboxylic acids is 2. The summed E-state index contributed by atoms with van der Waals surface area (Å²) in [5.41, 5.74) is 1.44. The minimum atomic E-state index is -5.04. The molecule has 27 heavy (non-hydrogen) atoms. The van der Waals surface area contributed by atoms with Crippen molar-refractivity contribution in [2.75, 3.05) is 0 Å². The molecule has 2 amide bonds. The van der Waals surface area contributed by atoms with E-state index >= 15 is 0 Å². The summed E-state index contributed by atoms with van der Waals surface area (Å²) in [4.78, 5) is 23.3. The minimum Gasteiger partial charge on any atom is -0.368 e. The predicted octanol–water partition coefficient (Wildman–Crippen LogP) is 2.79. The van der Waals surface area contributed by atoms with Gasteiger partial charge >= 0.3 is 12.4 Å². The largest absolute Gasteiger partial charge is 0.416 e. The van der Waals surface area contributed by atoms with Gasteiger partial charge in [0.25, 0.3) is 0 Å². The van der Waals surface area contributed by atoms with Crippen LogP contribution in [0.5, 0.6) is 0 Å². The molecule has 0 unspecified atom stereocenters. The van der Waals surface area contributed by atoms with E-state index in [-0.39, 0.29) is 12.5 Å². The zero-order valence-electron chi connectivity index (χ0n) is 13.9. The predicted molar refractivity (Wildman–Crippen MR) is 80.7 cm³/mol. The normalized spacial score (nSPS) is 14.1. The van der Waals surface area contributed by atoms with E-state index in [1.165, 1.54) is 6.92 Å². The molecule has 0 radical (unpaired) electrons. The standard InChI is InChI=1S/C16H15F6N3O2/c1-8(7-23)2-12(14(24)27)25-13(26)5-9-3-10(15(17,18)19)6-11(4-9)16(20,21)22/h3-4,6,8,12H,2,5H2,1H3,(H2,24,27)(H,25,26)/t8-,12-/m0/s1. The average molecular weight is 395 g/mol. The lowest BCUT2D eigenvalue weighted by Crippen LogP contribution is -2.45. The minimum absolute atomic E-state index is 0.0534. The van der Waals surface area contributed by atoms with Crippen molar-refractivity contribution in [3.05, 3.63) is 34.9 Å². The van der Waals surface area contributed by atoms with Crippen LogP contribution in [0.1, 0.15) is 30.0 Å². The van der Waals surface area contributed by atoms with Gasteiger partial charge in [0.15, 0.2) is 0 Å². The Hall–Kier alpha value is -2.77. The fourth-order valence-electron chi connectivity index (χ4n) is 2.20. The summed E-state index contributed by atoms with van der Waals surface area (Å²) < 4.78 is 76.9. The first kappa shape index (κ1) is 22.3. The quantitative estimate of drug-likeness (QED) is 0.725. The number of hydrogen-bond donors (Lipinski definition) is 2. The molecule has 2 atom stereocenters. The Labute approximate surface area is 150 Å². The Morgan fingerprint density at radius 2 is 1.59 bits per heavy atom. The molecule has 0 aliphatic heterocycles. The van der Waals surface area contributed by atoms with Crippen molar-refractivity contribution in [2.24, 2.45) is 11.7 Å². The summed E-state index contributed by atoms with van der Waals surface area (Å²) in [6.45, 7) is 1.45. The van der Waals surface area contributed by atoms with Crippen LogP contribution in [0.3, 0.4) is 0 Å². The number of primary amides is 1. The van der Waals surface area contributed by atoms with Gasteiger partial charge in [-0.05, 0) is 37.1 Å². The third-order valence-corrected chi connectivity index (χ3v) is 3.50. The molecule has 1 aromatic rings. The fraction of sp³-hybridized carbons (Fsp3) is 0.438. The van der Waals surface area contributed by atoms with E-state index in [9.17, 15) is 35.9 Å². The van der Waals surface area contributed by atoms with Gasteiger partial charge in [-0.1, -0.05) is 0 Å². The highest BCUT2D eigenvalue weighted by molar-refractivity contribution is 5.87. The number of benzene rings is 1. The van der Waals surface area contributed by atoms with Gasteiger partial charge in [-0.25, -0.2) is 0 Å². The SMILES string of the molecule is C[C@H](C#N)C[C@H](NC(=O)Cc1cc(C(F)(F)F)cc(C(F)(F)F)c1)C(N)=O. The molecule has 3 N–H and O–H groups in total. The van der Waals surface area contributed by atoms with Crippen LogP contribution >= 0.6 is 0 Å². The van der Waals surface area contributed by atoms with Gasteiger partial charge in [0.1, 0.15) is 6.04 Å². The Morgan fingerprint density at radius 3 is 1.96 bits per heavy atom. The molecule has 1 rings (SSSR count). The number of rotatable bonds is 6. The number of amides is 2. The molecule has 0 aliphatic rings. The first-order chi connectivity index (χ1) is 12.2. The number of nitriles is 1. The second kappa shape index (κ2) is 8.28. The van der Waals surface area contributed by atoms with Crippen molar-refractivity contribution in [2.45, 2.75) is 38.2 Å². The zero-order chi connectivity index (χ0) is 21.0. The lowest BCUT2D eigenvalue weighted by molar-refractivity contribution is -0.143. The first-order valence-electron chi connectivity index (χ1n) is 7.50. The van der Waals surface area contributed by atoms with Crippen LogP contribution in [0.25, 0.3) is 0 Å². The zero-order valence-corrected chi connectivity index (χ0v) is 13.9. The summed E-state index contributed by atoms with van der Waals surface area (Å²) in [7, 11) is 0. The molecule has 11 heteroatoms. The molecule has 0 bridgehead atoms. The number of halogens is 6. The lowest BCUT2D eigenvalue weighted by atomic mass is 10.0. The van der Waals surface area contributed by atoms with Crippen molar-refractivity contribution in [3.63, 3.8) is 0 Å². The number of alkyl halides is 6. The van der Waals surface area contributed by atoms with Crippen LogP contribution in [-0.2, 0) is 28.4 Å². The van der Waals surface area contributed by atoms with Gasteiger partial charge in [-0.15, -0.1) is 0 Å². The van der Waals surface area contributed by atoms with E-state index in [4.69, 9.17) is 11.0 Å². The maximum absolute atomic E-state index is 12.8. The van der Waals surface area contributed by atoms with Crippen molar-refractivity contribution in [3.8, 4) is 6.07 Å². The summed E-state index contributed by atoms with van der Waals surface area (Å²) in [5, 5.41) is 10.8. The molecule has 0 spiro atoms. The van der Waals surface area contributed by atoms with Crippen LogP contribution in [0.2, 0.25) is 0 Å². The molecule has 0 saturated carbocycles. The number of hydrogen-bond acceptors (Lipinski definition) is 3. The van der Waals surface area contributed by atoms with E-state index < -0.39 is 59.2 Å². The first-order valence-corrected chi connectivity index (χ1v) is 7.50. The summed E-state index contributed by atoms with van der Waals surface area (Å²) in [6, 6.07) is 1.33. The molecule has 1 aromatic carbocycles. The number of nitrogens with two attached hydrogens (primary N) is 1. The highest BCUT2D eigenvalue weighted by Crippen LogP contribution is 2.36. The van der Waals surface area contributed by atoms with Crippen LogP contribution in [-0.4, -0.2) is 17.9 Å². The monoisotopic (exact) mass is 395 g/mol. The third-order valence-electron chi connectivity index (χ3n) is 3.50. The van der Waals surface area contributed by atoms with Crippen LogP contribution in [0.15, 0.2) is 18.2 Å². The van der Waals surface area contributed by atoms with Gasteiger partial charge in [-0.3, -0.25) is 9.59 Å². The molecule has 0 aromatic heterocycles. The van der Waals surface area contributed by atoms with Crippen LogP contribution in [0.4, 0.5) is 26.3 Å². The van der Waals surface area contributed by atoms with Gasteiger partial charge in [0.2, 0.25) is 11.8 Å². The van der Waals surface area contributed by atoms with Gasteiger partial charge < -0.3 is 11.1 Å². The van der Waals surface area contributed by atoms with Crippen LogP contribution < -0.4 is 11.1 Å². The second-order valence-corrected chi connectivity index (χ2v) is 5.88. The number of carbonyl (C=O) groups is 2. The summed E-state index contributed by atoms with van der Waals surface area (Å²) in [6.07, 6.45) is -11.1. The Morgan fingerprint density at radius 1 is 1.11 bits per heavy atom. The van der Waals surface area contributed by atoms with Gasteiger partial charge in [-0.2, -0.15) is 31.6 Å². The summed E-state index contributed by atoms with van der Waals surface area (Å²) >= 11 is 0. The van der Waals surface area contributed by atoms with E-state index in [1.54, 1.807) is 0 Å². The second-order valence-electron chi connectivity index (χ2n) is 5.88. The Kier molecular flexibility index (Phi) is 6.83. The lowest BCUT2D eigenvalue weighted by Gasteiger charge is -2.17. The molecule has 0 aliphatic carbocycles. The highest BCUT2D eigenvalue weighted by Gasteiger charge is 2.37. The maximum atomic E-state index is 12.8. The van der Waals surface area contributed by atoms with Gasteiger partial charge in [0.05, 0.1) is 23.6 Å². The molecule has 0 fully saturated rings. The molecule has 148 valence electrons. The van der Waals surface area contributed by atoms with Crippen LogP contribution in [0, 0.1) is 17.2 Å².